The van der Waals surface area contributed by atoms with E-state index in [-0.39, 0.29) is 0 Å². The van der Waals surface area contributed by atoms with Crippen molar-refractivity contribution in [1.29, 1.82) is 0 Å². The van der Waals surface area contributed by atoms with Crippen LogP contribution in [0.3, 0.4) is 0 Å². The third kappa shape index (κ3) is 2.89. The Hall–Kier alpha value is -1.25. The fourth-order valence-electron chi connectivity index (χ4n) is 0.645. The Morgan fingerprint density at radius 2 is 2.09 bits per heavy atom. The molecule has 0 spiro atoms. The Morgan fingerprint density at radius 3 is 2.27 bits per heavy atom. The van der Waals surface area contributed by atoms with Crippen LogP contribution in [0.4, 0.5) is 0 Å². The smallest absolute Gasteiger partial charge is 0.265 e. The predicted octanol–water partition coefficient (Wildman–Crippen LogP) is 1.45. The van der Waals surface area contributed by atoms with Crippen LogP contribution >= 0.6 is 0 Å². The second kappa shape index (κ2) is 4.55. The van der Waals surface area contributed by atoms with E-state index in [2.05, 4.69) is 4.98 Å². The normalized spacial score (nSPS) is 8.27. The van der Waals surface area contributed by atoms with Crippen LogP contribution in [0.15, 0.2) is 12.3 Å². The largest absolute Gasteiger partial charge is 0.364 e. The first-order valence-electron chi connectivity index (χ1n) is 3.65. The number of amides is 1. The fourth-order valence-corrected chi connectivity index (χ4v) is 0.645. The third-order valence-electron chi connectivity index (χ3n) is 1.09. The van der Waals surface area contributed by atoms with Gasteiger partial charge >= 0.3 is 0 Å². The molecular weight excluding hydrogens is 140 g/mol. The molecule has 1 aromatic heterocycles. The summed E-state index contributed by atoms with van der Waals surface area (Å²) in [5, 5.41) is 0. The van der Waals surface area contributed by atoms with Crippen molar-refractivity contribution in [3.63, 3.8) is 0 Å². The molecular formula is C8H14N2O. The molecule has 0 saturated heterocycles. The summed E-state index contributed by atoms with van der Waals surface area (Å²) in [5.74, 6) is -0.414. The van der Waals surface area contributed by atoms with Gasteiger partial charge in [-0.15, -0.1) is 0 Å². The topological polar surface area (TPSA) is 58.9 Å². The molecule has 1 rings (SSSR count). The predicted molar refractivity (Wildman–Crippen MR) is 45.4 cm³/mol. The van der Waals surface area contributed by atoms with Crippen LogP contribution < -0.4 is 5.73 Å². The molecule has 0 atom stereocenters. The zero-order valence-corrected chi connectivity index (χ0v) is 7.14. The maximum absolute atomic E-state index is 10.4. The van der Waals surface area contributed by atoms with Crippen LogP contribution in [0.25, 0.3) is 0 Å². The van der Waals surface area contributed by atoms with Gasteiger partial charge in [-0.25, -0.2) is 0 Å². The molecule has 0 aromatic carbocycles. The highest BCUT2D eigenvalue weighted by atomic mass is 16.1. The fraction of sp³-hybridized carbons (Fsp3) is 0.375. The number of carbonyl (C=O) groups is 1. The maximum Gasteiger partial charge on any atom is 0.265 e. The van der Waals surface area contributed by atoms with Gasteiger partial charge in [-0.1, -0.05) is 13.8 Å². The highest BCUT2D eigenvalue weighted by Gasteiger charge is 1.99. The Bertz CT molecular complexity index is 228. The molecule has 0 aliphatic carbocycles. The Kier molecular flexibility index (Phi) is 4.03. The number of aryl methyl sites for hydroxylation is 1. The summed E-state index contributed by atoms with van der Waals surface area (Å²) in [6.07, 6.45) is 1.74. The van der Waals surface area contributed by atoms with Crippen molar-refractivity contribution in [2.45, 2.75) is 20.8 Å². The van der Waals surface area contributed by atoms with Gasteiger partial charge in [-0.3, -0.25) is 4.79 Å². The molecule has 0 aliphatic heterocycles. The minimum atomic E-state index is -0.414. The quantitative estimate of drug-likeness (QED) is 0.632. The lowest BCUT2D eigenvalue weighted by atomic mass is 10.3. The summed E-state index contributed by atoms with van der Waals surface area (Å²) in [7, 11) is 0. The minimum absolute atomic E-state index is 0.414. The van der Waals surface area contributed by atoms with Gasteiger partial charge in [-0.2, -0.15) is 0 Å². The van der Waals surface area contributed by atoms with Gasteiger partial charge in [0.15, 0.2) is 0 Å². The summed E-state index contributed by atoms with van der Waals surface area (Å²) in [5.41, 5.74) is 6.44. The van der Waals surface area contributed by atoms with E-state index in [0.717, 1.165) is 5.56 Å². The molecule has 11 heavy (non-hydrogen) atoms. The standard InChI is InChI=1S/C6H8N2O.C2H6/c1-4-2-5(6(7)9)8-3-4;1-2/h2-3,8H,1H3,(H2,7,9);1-2H3. The first kappa shape index (κ1) is 9.75. The zero-order chi connectivity index (χ0) is 8.85. The lowest BCUT2D eigenvalue weighted by molar-refractivity contribution is 0.0996. The molecule has 0 bridgehead atoms. The maximum atomic E-state index is 10.4. The van der Waals surface area contributed by atoms with Crippen LogP contribution in [-0.2, 0) is 0 Å². The summed E-state index contributed by atoms with van der Waals surface area (Å²) in [6.45, 7) is 5.89. The molecule has 0 unspecified atom stereocenters. The molecule has 1 amide bonds. The number of hydrogen-bond donors (Lipinski definition) is 2. The molecule has 1 aromatic rings. The number of primary amides is 1. The summed E-state index contributed by atoms with van der Waals surface area (Å²) in [4.78, 5) is 13.1. The van der Waals surface area contributed by atoms with Crippen molar-refractivity contribution < 1.29 is 4.79 Å². The van der Waals surface area contributed by atoms with E-state index in [1.54, 1.807) is 12.3 Å². The van der Waals surface area contributed by atoms with E-state index >= 15 is 0 Å². The van der Waals surface area contributed by atoms with Crippen molar-refractivity contribution in [1.82, 2.24) is 4.98 Å². The highest BCUT2D eigenvalue weighted by molar-refractivity contribution is 5.91. The lowest BCUT2D eigenvalue weighted by Crippen LogP contribution is -2.10. The molecule has 1 heterocycles. The van der Waals surface area contributed by atoms with Crippen molar-refractivity contribution in [3.8, 4) is 0 Å². The summed E-state index contributed by atoms with van der Waals surface area (Å²) in [6, 6.07) is 1.71. The second-order valence-corrected chi connectivity index (χ2v) is 1.95. The number of rotatable bonds is 1. The van der Waals surface area contributed by atoms with Crippen molar-refractivity contribution in [2.24, 2.45) is 5.73 Å². The Morgan fingerprint density at radius 1 is 1.55 bits per heavy atom. The van der Waals surface area contributed by atoms with E-state index < -0.39 is 5.91 Å². The van der Waals surface area contributed by atoms with Crippen LogP contribution in [0.1, 0.15) is 29.9 Å². The molecule has 3 nitrogen and oxygen atoms in total. The Labute approximate surface area is 66.6 Å². The van der Waals surface area contributed by atoms with E-state index in [1.807, 2.05) is 20.8 Å². The molecule has 0 saturated carbocycles. The molecule has 0 radical (unpaired) electrons. The summed E-state index contributed by atoms with van der Waals surface area (Å²) < 4.78 is 0. The van der Waals surface area contributed by atoms with Crippen LogP contribution in [0.5, 0.6) is 0 Å². The van der Waals surface area contributed by atoms with Gasteiger partial charge in [-0.05, 0) is 18.6 Å². The van der Waals surface area contributed by atoms with E-state index in [4.69, 9.17) is 5.73 Å². The number of nitrogens with two attached hydrogens (primary N) is 1. The van der Waals surface area contributed by atoms with E-state index in [1.165, 1.54) is 0 Å². The molecule has 62 valence electrons. The Balaban J connectivity index is 0.000000461. The van der Waals surface area contributed by atoms with Crippen LogP contribution in [0, 0.1) is 6.92 Å². The average Bonchev–Trinajstić information content (AvgIpc) is 2.40. The van der Waals surface area contributed by atoms with Gasteiger partial charge in [0.25, 0.3) is 5.91 Å². The number of aromatic nitrogens is 1. The number of aromatic amines is 1. The number of H-pyrrole nitrogens is 1. The van der Waals surface area contributed by atoms with Gasteiger partial charge in [0, 0.05) is 6.20 Å². The lowest BCUT2D eigenvalue weighted by Gasteiger charge is -1.82. The SMILES string of the molecule is CC.Cc1c[nH]c(C(N)=O)c1. The van der Waals surface area contributed by atoms with Crippen molar-refractivity contribution >= 4 is 5.91 Å². The monoisotopic (exact) mass is 154 g/mol. The van der Waals surface area contributed by atoms with Crippen molar-refractivity contribution in [2.75, 3.05) is 0 Å². The summed E-state index contributed by atoms with van der Waals surface area (Å²) >= 11 is 0. The molecule has 0 aliphatic rings. The third-order valence-corrected chi connectivity index (χ3v) is 1.09. The number of hydrogen-bond acceptors (Lipinski definition) is 1. The molecule has 0 fully saturated rings. The molecule has 3 N–H and O–H groups in total. The first-order chi connectivity index (χ1) is 5.20. The number of nitrogens with one attached hydrogen (secondary N) is 1. The number of carbonyl (C=O) groups excluding carboxylic acids is 1. The highest BCUT2D eigenvalue weighted by Crippen LogP contribution is 1.98. The van der Waals surface area contributed by atoms with E-state index in [9.17, 15) is 4.79 Å². The van der Waals surface area contributed by atoms with E-state index in [0.29, 0.717) is 5.69 Å². The minimum Gasteiger partial charge on any atom is -0.364 e. The van der Waals surface area contributed by atoms with Crippen LogP contribution in [-0.4, -0.2) is 10.9 Å². The first-order valence-corrected chi connectivity index (χ1v) is 3.65. The van der Waals surface area contributed by atoms with Crippen molar-refractivity contribution in [3.05, 3.63) is 23.5 Å². The van der Waals surface area contributed by atoms with Gasteiger partial charge in [0.2, 0.25) is 0 Å². The average molecular weight is 154 g/mol. The van der Waals surface area contributed by atoms with Gasteiger partial charge < -0.3 is 10.7 Å². The van der Waals surface area contributed by atoms with Gasteiger partial charge in [0.1, 0.15) is 5.69 Å². The van der Waals surface area contributed by atoms with Crippen LogP contribution in [0.2, 0.25) is 0 Å². The second-order valence-electron chi connectivity index (χ2n) is 1.95. The zero-order valence-electron chi connectivity index (χ0n) is 7.14. The molecule has 3 heteroatoms. The van der Waals surface area contributed by atoms with Gasteiger partial charge in [0.05, 0.1) is 0 Å².